The van der Waals surface area contributed by atoms with Gasteiger partial charge in [-0.3, -0.25) is 9.59 Å². The SMILES string of the molecule is CC(=O)N(CCNC(=O)c1ccccc1F)C(C)C. The van der Waals surface area contributed by atoms with Gasteiger partial charge in [0.2, 0.25) is 5.91 Å². The summed E-state index contributed by atoms with van der Waals surface area (Å²) in [6.45, 7) is 6.00. The first-order valence-corrected chi connectivity index (χ1v) is 6.23. The molecule has 0 aliphatic heterocycles. The predicted octanol–water partition coefficient (Wildman–Crippen LogP) is 1.81. The number of hydrogen-bond acceptors (Lipinski definition) is 2. The molecule has 0 aliphatic rings. The zero-order chi connectivity index (χ0) is 14.4. The van der Waals surface area contributed by atoms with Crippen LogP contribution >= 0.6 is 0 Å². The van der Waals surface area contributed by atoms with Crippen molar-refractivity contribution >= 4 is 11.8 Å². The van der Waals surface area contributed by atoms with E-state index in [0.29, 0.717) is 13.1 Å². The third-order valence-electron chi connectivity index (χ3n) is 2.78. The number of amides is 2. The molecule has 1 rings (SSSR count). The van der Waals surface area contributed by atoms with Crippen molar-refractivity contribution in [3.8, 4) is 0 Å². The molecule has 0 unspecified atom stereocenters. The number of rotatable bonds is 5. The molecule has 0 saturated heterocycles. The van der Waals surface area contributed by atoms with Crippen LogP contribution in [0.5, 0.6) is 0 Å². The van der Waals surface area contributed by atoms with Crippen molar-refractivity contribution in [3.63, 3.8) is 0 Å². The second-order valence-electron chi connectivity index (χ2n) is 4.54. The molecule has 1 aromatic rings. The highest BCUT2D eigenvalue weighted by Gasteiger charge is 2.14. The summed E-state index contributed by atoms with van der Waals surface area (Å²) in [4.78, 5) is 24.7. The molecule has 0 bridgehead atoms. The fourth-order valence-corrected chi connectivity index (χ4v) is 1.81. The summed E-state index contributed by atoms with van der Waals surface area (Å²) in [5, 5.41) is 2.61. The van der Waals surface area contributed by atoms with E-state index < -0.39 is 11.7 Å². The maximum absolute atomic E-state index is 13.4. The predicted molar refractivity (Wildman–Crippen MR) is 71.3 cm³/mol. The lowest BCUT2D eigenvalue weighted by molar-refractivity contribution is -0.130. The first kappa shape index (κ1) is 15.1. The summed E-state index contributed by atoms with van der Waals surface area (Å²) < 4.78 is 13.4. The van der Waals surface area contributed by atoms with Gasteiger partial charge in [-0.25, -0.2) is 4.39 Å². The van der Waals surface area contributed by atoms with Gasteiger partial charge in [0, 0.05) is 26.1 Å². The van der Waals surface area contributed by atoms with Gasteiger partial charge < -0.3 is 10.2 Å². The summed E-state index contributed by atoms with van der Waals surface area (Å²) in [5.41, 5.74) is 0.0152. The van der Waals surface area contributed by atoms with E-state index in [2.05, 4.69) is 5.32 Å². The Kier molecular flexibility index (Phi) is 5.48. The van der Waals surface area contributed by atoms with Crippen molar-refractivity contribution < 1.29 is 14.0 Å². The topological polar surface area (TPSA) is 49.4 Å². The molecule has 2 amide bonds. The summed E-state index contributed by atoms with van der Waals surface area (Å²) in [6, 6.07) is 5.87. The number of nitrogens with one attached hydrogen (secondary N) is 1. The Morgan fingerprint density at radius 2 is 1.95 bits per heavy atom. The minimum absolute atomic E-state index is 0.0152. The Labute approximate surface area is 112 Å². The van der Waals surface area contributed by atoms with Crippen molar-refractivity contribution in [1.29, 1.82) is 0 Å². The Bertz CT molecular complexity index is 461. The van der Waals surface area contributed by atoms with Gasteiger partial charge in [0.05, 0.1) is 5.56 Å². The zero-order valence-corrected chi connectivity index (χ0v) is 11.4. The van der Waals surface area contributed by atoms with Gasteiger partial charge >= 0.3 is 0 Å². The van der Waals surface area contributed by atoms with Crippen LogP contribution in [0.3, 0.4) is 0 Å². The lowest BCUT2D eigenvalue weighted by Gasteiger charge is -2.25. The first-order chi connectivity index (χ1) is 8.93. The van der Waals surface area contributed by atoms with Gasteiger partial charge in [0.15, 0.2) is 0 Å². The number of halogens is 1. The van der Waals surface area contributed by atoms with E-state index in [-0.39, 0.29) is 17.5 Å². The van der Waals surface area contributed by atoms with Crippen LogP contribution in [0.4, 0.5) is 4.39 Å². The molecular formula is C14H19FN2O2. The highest BCUT2D eigenvalue weighted by atomic mass is 19.1. The molecule has 19 heavy (non-hydrogen) atoms. The highest BCUT2D eigenvalue weighted by Crippen LogP contribution is 2.05. The molecule has 1 aromatic carbocycles. The summed E-state index contributed by atoms with van der Waals surface area (Å²) >= 11 is 0. The Morgan fingerprint density at radius 1 is 1.32 bits per heavy atom. The van der Waals surface area contributed by atoms with Crippen LogP contribution in [0.1, 0.15) is 31.1 Å². The third-order valence-corrected chi connectivity index (χ3v) is 2.78. The molecule has 0 fully saturated rings. The smallest absolute Gasteiger partial charge is 0.254 e. The molecule has 0 heterocycles. The van der Waals surface area contributed by atoms with Crippen molar-refractivity contribution in [2.75, 3.05) is 13.1 Å². The van der Waals surface area contributed by atoms with Crippen LogP contribution in [0.2, 0.25) is 0 Å². The monoisotopic (exact) mass is 266 g/mol. The van der Waals surface area contributed by atoms with Crippen LogP contribution in [0, 0.1) is 5.82 Å². The number of hydrogen-bond donors (Lipinski definition) is 1. The quantitative estimate of drug-likeness (QED) is 0.883. The van der Waals surface area contributed by atoms with Crippen molar-refractivity contribution in [3.05, 3.63) is 35.6 Å². The van der Waals surface area contributed by atoms with Gasteiger partial charge in [-0.15, -0.1) is 0 Å². The third kappa shape index (κ3) is 4.35. The van der Waals surface area contributed by atoms with E-state index in [1.165, 1.54) is 25.1 Å². The first-order valence-electron chi connectivity index (χ1n) is 6.23. The average Bonchev–Trinajstić information content (AvgIpc) is 2.33. The molecule has 104 valence electrons. The lowest BCUT2D eigenvalue weighted by Crippen LogP contribution is -2.41. The van der Waals surface area contributed by atoms with E-state index in [1.807, 2.05) is 13.8 Å². The van der Waals surface area contributed by atoms with Crippen LogP contribution in [0.15, 0.2) is 24.3 Å². The molecule has 0 radical (unpaired) electrons. The van der Waals surface area contributed by atoms with Crippen LogP contribution in [-0.2, 0) is 4.79 Å². The second kappa shape index (κ2) is 6.87. The maximum atomic E-state index is 13.4. The van der Waals surface area contributed by atoms with Gasteiger partial charge in [-0.05, 0) is 26.0 Å². The molecular weight excluding hydrogens is 247 g/mol. The van der Waals surface area contributed by atoms with E-state index in [1.54, 1.807) is 11.0 Å². The number of benzene rings is 1. The maximum Gasteiger partial charge on any atom is 0.254 e. The van der Waals surface area contributed by atoms with E-state index >= 15 is 0 Å². The molecule has 5 heteroatoms. The minimum Gasteiger partial charge on any atom is -0.350 e. The molecule has 0 aromatic heterocycles. The standard InChI is InChI=1S/C14H19FN2O2/c1-10(2)17(11(3)18)9-8-16-14(19)12-6-4-5-7-13(12)15/h4-7,10H,8-9H2,1-3H3,(H,16,19). The molecule has 1 N–H and O–H groups in total. The van der Waals surface area contributed by atoms with Gasteiger partial charge in [0.25, 0.3) is 5.91 Å². The highest BCUT2D eigenvalue weighted by molar-refractivity contribution is 5.94. The Balaban J connectivity index is 2.52. The normalized spacial score (nSPS) is 10.4. The second-order valence-corrected chi connectivity index (χ2v) is 4.54. The van der Waals surface area contributed by atoms with Gasteiger partial charge in [0.1, 0.15) is 5.82 Å². The summed E-state index contributed by atoms with van der Waals surface area (Å²) in [5.74, 6) is -1.06. The summed E-state index contributed by atoms with van der Waals surface area (Å²) in [6.07, 6.45) is 0. The number of carbonyl (C=O) groups excluding carboxylic acids is 2. The lowest BCUT2D eigenvalue weighted by atomic mass is 10.2. The van der Waals surface area contributed by atoms with Crippen molar-refractivity contribution in [2.24, 2.45) is 0 Å². The van der Waals surface area contributed by atoms with Crippen molar-refractivity contribution in [1.82, 2.24) is 10.2 Å². The van der Waals surface area contributed by atoms with Crippen molar-refractivity contribution in [2.45, 2.75) is 26.8 Å². The van der Waals surface area contributed by atoms with E-state index in [9.17, 15) is 14.0 Å². The average molecular weight is 266 g/mol. The van der Waals surface area contributed by atoms with E-state index in [0.717, 1.165) is 0 Å². The largest absolute Gasteiger partial charge is 0.350 e. The zero-order valence-electron chi connectivity index (χ0n) is 11.4. The molecule has 4 nitrogen and oxygen atoms in total. The molecule has 0 atom stereocenters. The Hall–Kier alpha value is -1.91. The number of carbonyl (C=O) groups is 2. The Morgan fingerprint density at radius 3 is 2.47 bits per heavy atom. The van der Waals surface area contributed by atoms with Crippen LogP contribution < -0.4 is 5.32 Å². The van der Waals surface area contributed by atoms with Gasteiger partial charge in [-0.2, -0.15) is 0 Å². The molecule has 0 saturated carbocycles. The molecule has 0 aliphatic carbocycles. The van der Waals surface area contributed by atoms with Crippen LogP contribution in [-0.4, -0.2) is 35.8 Å². The summed E-state index contributed by atoms with van der Waals surface area (Å²) in [7, 11) is 0. The van der Waals surface area contributed by atoms with E-state index in [4.69, 9.17) is 0 Å². The fourth-order valence-electron chi connectivity index (χ4n) is 1.81. The van der Waals surface area contributed by atoms with Gasteiger partial charge in [-0.1, -0.05) is 12.1 Å². The fraction of sp³-hybridized carbons (Fsp3) is 0.429. The minimum atomic E-state index is -0.549. The van der Waals surface area contributed by atoms with Crippen LogP contribution in [0.25, 0.3) is 0 Å². The molecule has 0 spiro atoms. The number of nitrogens with zero attached hydrogens (tertiary/aromatic N) is 1.